The summed E-state index contributed by atoms with van der Waals surface area (Å²) in [5, 5.41) is 5.62. The maximum atomic E-state index is 2.60. The molecule has 1 heteroatoms. The second-order valence-corrected chi connectivity index (χ2v) is 14.7. The number of hydrogen-bond acceptors (Lipinski definition) is 0. The molecule has 0 N–H and O–H groups in total. The van der Waals surface area contributed by atoms with E-state index in [9.17, 15) is 0 Å². The predicted octanol–water partition coefficient (Wildman–Crippen LogP) is 7.55. The third-order valence-corrected chi connectivity index (χ3v) is 14.7. The van der Waals surface area contributed by atoms with Crippen LogP contribution in [0.2, 0.25) is 0 Å². The number of allylic oxidation sites excluding steroid dienone is 2. The molecule has 2 aliphatic heterocycles. The molecule has 0 aromatic heterocycles. The van der Waals surface area contributed by atoms with E-state index in [-0.39, 0.29) is 0 Å². The molecule has 2 fully saturated rings. The Morgan fingerprint density at radius 3 is 1.42 bits per heavy atom. The predicted molar refractivity (Wildman–Crippen MR) is 126 cm³/mol. The second-order valence-electron chi connectivity index (χ2n) is 9.85. The number of hydrogen-bond donors (Lipinski definition) is 0. The first-order chi connectivity index (χ1) is 15.3. The molecule has 2 bridgehead atoms. The molecule has 0 radical (unpaired) electrons. The monoisotopic (exact) mass is 472 g/mol. The van der Waals surface area contributed by atoms with Gasteiger partial charge in [0.15, 0.2) is 0 Å². The molecule has 4 aromatic carbocycles. The molecule has 0 saturated carbocycles. The van der Waals surface area contributed by atoms with Gasteiger partial charge >= 0.3 is 195 Å². The van der Waals surface area contributed by atoms with Gasteiger partial charge in [-0.05, 0) is 0 Å². The summed E-state index contributed by atoms with van der Waals surface area (Å²) in [5.41, 5.74) is 9.96. The quantitative estimate of drug-likeness (QED) is 0.247. The van der Waals surface area contributed by atoms with Gasteiger partial charge in [0.2, 0.25) is 0 Å². The minimum absolute atomic E-state index is 0.408. The van der Waals surface area contributed by atoms with Crippen LogP contribution in [-0.4, -0.2) is 0 Å². The fourth-order valence-electron chi connectivity index (χ4n) is 7.05. The standard InChI is InChI=1S/C30H22.Zr/c1-3-7-21-17-29-25(13-19(21)5-1)15-23-9-10-24-16-26-14-20-6-2-4-8-22(20)18-30(26)28(24)12-11-27(23)29;/h1-8,13-18H,9-12H2;. The summed E-state index contributed by atoms with van der Waals surface area (Å²) in [7, 11) is 0. The van der Waals surface area contributed by atoms with Gasteiger partial charge in [-0.2, -0.15) is 0 Å². The van der Waals surface area contributed by atoms with E-state index in [0.29, 0.717) is 6.25 Å². The van der Waals surface area contributed by atoms with Gasteiger partial charge in [0.1, 0.15) is 0 Å². The van der Waals surface area contributed by atoms with Crippen LogP contribution in [0.4, 0.5) is 0 Å². The summed E-state index contributed by atoms with van der Waals surface area (Å²) in [6.45, 7) is 0. The van der Waals surface area contributed by atoms with Crippen molar-refractivity contribution in [2.45, 2.75) is 31.9 Å². The van der Waals surface area contributed by atoms with E-state index in [0.717, 1.165) is 0 Å². The number of rotatable bonds is 0. The Hall–Kier alpha value is -2.24. The SMILES string of the molecule is C1=C2CCC3=Cc4cc5ccccc5cc4[C]34CC[C]2([Zr]4)c2cc3ccccc3cc21. The first-order valence-corrected chi connectivity index (χ1v) is 14.0. The molecule has 0 amide bonds. The Labute approximate surface area is 194 Å². The zero-order valence-electron chi connectivity index (χ0n) is 17.4. The summed E-state index contributed by atoms with van der Waals surface area (Å²) < 4.78 is 0.817. The molecule has 146 valence electrons. The van der Waals surface area contributed by atoms with E-state index >= 15 is 0 Å². The zero-order chi connectivity index (χ0) is 20.2. The van der Waals surface area contributed by atoms with E-state index in [4.69, 9.17) is 0 Å². The molecular weight excluding hydrogens is 452 g/mol. The molecule has 2 spiro atoms. The maximum absolute atomic E-state index is 2.60. The van der Waals surface area contributed by atoms with Crippen molar-refractivity contribution >= 4 is 33.7 Å². The van der Waals surface area contributed by atoms with Gasteiger partial charge in [-0.3, -0.25) is 0 Å². The first-order valence-electron chi connectivity index (χ1n) is 11.5. The topological polar surface area (TPSA) is 0 Å². The van der Waals surface area contributed by atoms with Gasteiger partial charge in [-0.1, -0.05) is 0 Å². The third-order valence-electron chi connectivity index (χ3n) is 8.48. The third kappa shape index (κ3) is 2.10. The molecule has 4 aliphatic rings. The normalized spacial score (nSPS) is 27.1. The van der Waals surface area contributed by atoms with E-state index in [1.165, 1.54) is 58.4 Å². The zero-order valence-corrected chi connectivity index (χ0v) is 19.9. The summed E-state index contributed by atoms with van der Waals surface area (Å²) in [6.07, 6.45) is 10.4. The van der Waals surface area contributed by atoms with Crippen molar-refractivity contribution in [2.24, 2.45) is 0 Å². The van der Waals surface area contributed by atoms with Crippen LogP contribution >= 0.6 is 0 Å². The van der Waals surface area contributed by atoms with Crippen LogP contribution in [-0.2, 0) is 29.5 Å². The number of benzene rings is 4. The summed E-state index contributed by atoms with van der Waals surface area (Å²) in [5.74, 6) is 0. The van der Waals surface area contributed by atoms with Crippen LogP contribution in [0.1, 0.15) is 47.9 Å². The van der Waals surface area contributed by atoms with Crippen LogP contribution < -0.4 is 0 Å². The Kier molecular flexibility index (Phi) is 3.22. The van der Waals surface area contributed by atoms with Crippen LogP contribution in [0.5, 0.6) is 0 Å². The van der Waals surface area contributed by atoms with E-state index < -0.39 is 23.2 Å². The fourth-order valence-corrected chi connectivity index (χ4v) is 13.6. The van der Waals surface area contributed by atoms with E-state index in [1.54, 1.807) is 22.3 Å². The van der Waals surface area contributed by atoms with Gasteiger partial charge in [0, 0.05) is 0 Å². The average Bonchev–Trinajstić information content (AvgIpc) is 3.40. The van der Waals surface area contributed by atoms with Crippen LogP contribution in [0.15, 0.2) is 83.9 Å². The van der Waals surface area contributed by atoms with Gasteiger partial charge in [0.05, 0.1) is 0 Å². The molecule has 2 saturated heterocycles. The summed E-state index contributed by atoms with van der Waals surface area (Å²) in [4.78, 5) is 0. The Morgan fingerprint density at radius 1 is 0.548 bits per heavy atom. The van der Waals surface area contributed by atoms with Crippen molar-refractivity contribution in [2.75, 3.05) is 0 Å². The second kappa shape index (κ2) is 5.76. The van der Waals surface area contributed by atoms with Gasteiger partial charge in [0.25, 0.3) is 0 Å². The van der Waals surface area contributed by atoms with E-state index in [1.807, 2.05) is 0 Å². The molecule has 31 heavy (non-hydrogen) atoms. The molecule has 2 unspecified atom stereocenters. The van der Waals surface area contributed by atoms with Gasteiger partial charge < -0.3 is 0 Å². The van der Waals surface area contributed by atoms with Crippen LogP contribution in [0, 0.1) is 0 Å². The van der Waals surface area contributed by atoms with Gasteiger partial charge in [-0.15, -0.1) is 0 Å². The average molecular weight is 474 g/mol. The Morgan fingerprint density at radius 2 is 0.968 bits per heavy atom. The fraction of sp³-hybridized carbons (Fsp3) is 0.200. The van der Waals surface area contributed by atoms with Crippen molar-refractivity contribution in [1.29, 1.82) is 0 Å². The summed E-state index contributed by atoms with van der Waals surface area (Å²) in [6, 6.07) is 28.0. The molecule has 2 aliphatic carbocycles. The van der Waals surface area contributed by atoms with Crippen LogP contribution in [0.3, 0.4) is 0 Å². The number of fused-ring (bicyclic) bond motifs is 4. The molecular formula is C30H22Zr. The van der Waals surface area contributed by atoms with E-state index in [2.05, 4.69) is 84.9 Å². The molecule has 0 nitrogen and oxygen atoms in total. The Bertz CT molecular complexity index is 1410. The summed E-state index contributed by atoms with van der Waals surface area (Å²) >= 11 is -0.816. The molecule has 8 rings (SSSR count). The van der Waals surface area contributed by atoms with Crippen molar-refractivity contribution in [3.8, 4) is 0 Å². The van der Waals surface area contributed by atoms with Gasteiger partial charge in [-0.25, -0.2) is 0 Å². The molecule has 2 atom stereocenters. The van der Waals surface area contributed by atoms with Crippen molar-refractivity contribution in [1.82, 2.24) is 0 Å². The minimum atomic E-state index is -0.816. The van der Waals surface area contributed by atoms with Crippen molar-refractivity contribution in [3.63, 3.8) is 0 Å². The van der Waals surface area contributed by atoms with Crippen LogP contribution in [0.25, 0.3) is 33.7 Å². The molecule has 2 heterocycles. The Balaban J connectivity index is 1.36. The first kappa shape index (κ1) is 17.3. The van der Waals surface area contributed by atoms with Crippen molar-refractivity contribution < 1.29 is 23.2 Å². The van der Waals surface area contributed by atoms with Crippen molar-refractivity contribution in [3.05, 3.63) is 106 Å². The molecule has 4 aromatic rings.